The van der Waals surface area contributed by atoms with Crippen molar-refractivity contribution in [2.24, 2.45) is 0 Å². The van der Waals surface area contributed by atoms with Crippen LogP contribution in [-0.2, 0) is 14.0 Å². The summed E-state index contributed by atoms with van der Waals surface area (Å²) >= 11 is 0. The first-order valence-corrected chi connectivity index (χ1v) is 16.8. The van der Waals surface area contributed by atoms with Crippen molar-refractivity contribution in [1.29, 1.82) is 0 Å². The van der Waals surface area contributed by atoms with Gasteiger partial charge in [-0.2, -0.15) is 0 Å². The maximum absolute atomic E-state index is 13.5. The molecule has 1 aliphatic rings. The highest BCUT2D eigenvalue weighted by Crippen LogP contribution is 2.42. The highest BCUT2D eigenvalue weighted by atomic mass is 28.4. The van der Waals surface area contributed by atoms with Crippen LogP contribution in [0.2, 0.25) is 18.1 Å². The number of hydrogen-bond donors (Lipinski definition) is 0. The van der Waals surface area contributed by atoms with E-state index in [2.05, 4.69) is 45.7 Å². The number of benzene rings is 3. The summed E-state index contributed by atoms with van der Waals surface area (Å²) in [4.78, 5) is 29.0. The minimum absolute atomic E-state index is 0.0296. The van der Waals surface area contributed by atoms with Crippen LogP contribution in [0.25, 0.3) is 0 Å². The summed E-state index contributed by atoms with van der Waals surface area (Å²) in [6, 6.07) is 27.5. The van der Waals surface area contributed by atoms with Crippen LogP contribution in [0.4, 0.5) is 0 Å². The number of ketones is 1. The molecule has 3 aromatic rings. The van der Waals surface area contributed by atoms with E-state index >= 15 is 0 Å². The summed E-state index contributed by atoms with van der Waals surface area (Å²) in [5, 5.41) is 0.109. The highest BCUT2D eigenvalue weighted by Gasteiger charge is 2.45. The van der Waals surface area contributed by atoms with Crippen LogP contribution < -0.4 is 0 Å². The molecule has 5 nitrogen and oxygen atoms in total. The molecule has 0 N–H and O–H groups in total. The number of hydrogen-bond acceptors (Lipinski definition) is 5. The van der Waals surface area contributed by atoms with Crippen molar-refractivity contribution in [2.75, 3.05) is 13.2 Å². The van der Waals surface area contributed by atoms with E-state index in [0.717, 1.165) is 11.1 Å². The first-order chi connectivity index (χ1) is 19.1. The first kappa shape index (κ1) is 29.5. The van der Waals surface area contributed by atoms with E-state index in [1.807, 2.05) is 83.8 Å². The highest BCUT2D eigenvalue weighted by molar-refractivity contribution is 6.74. The number of ether oxygens (including phenoxy) is 1. The zero-order valence-corrected chi connectivity index (χ0v) is 25.1. The van der Waals surface area contributed by atoms with Crippen LogP contribution in [-0.4, -0.2) is 44.2 Å². The predicted octanol–water partition coefficient (Wildman–Crippen LogP) is 6.99. The number of carbonyl (C=O) groups is 2. The number of esters is 1. The molecule has 4 rings (SSSR count). The van der Waals surface area contributed by atoms with Crippen molar-refractivity contribution in [2.45, 2.75) is 63.5 Å². The summed E-state index contributed by atoms with van der Waals surface area (Å²) in [6.45, 7) is 11.6. The zero-order chi connectivity index (χ0) is 28.8. The lowest BCUT2D eigenvalue weighted by Crippen LogP contribution is -2.52. The molecule has 0 radical (unpaired) electrons. The summed E-state index contributed by atoms with van der Waals surface area (Å²) in [6.07, 6.45) is -0.0887. The average molecular weight is 554 g/mol. The molecule has 1 saturated heterocycles. The van der Waals surface area contributed by atoms with Crippen LogP contribution in [0.3, 0.4) is 0 Å². The molecular formula is C34H39NO4Si. The van der Waals surface area contributed by atoms with Gasteiger partial charge in [-0.15, -0.1) is 0 Å². The monoisotopic (exact) mass is 553 g/mol. The second-order valence-corrected chi connectivity index (χ2v) is 16.5. The maximum Gasteiger partial charge on any atom is 0.336 e. The van der Waals surface area contributed by atoms with E-state index in [9.17, 15) is 9.59 Å². The number of carbonyl (C=O) groups excluding carboxylic acids is 2. The quantitative estimate of drug-likeness (QED) is 0.0989. The van der Waals surface area contributed by atoms with Gasteiger partial charge in [0, 0.05) is 18.6 Å². The van der Waals surface area contributed by atoms with Crippen molar-refractivity contribution in [3.8, 4) is 11.8 Å². The number of nitrogens with zero attached hydrogens (tertiary/aromatic N) is 1. The van der Waals surface area contributed by atoms with E-state index in [1.54, 1.807) is 12.1 Å². The Labute approximate surface area is 239 Å². The van der Waals surface area contributed by atoms with Crippen LogP contribution in [0.15, 0.2) is 91.0 Å². The molecule has 1 heterocycles. The standard InChI is InChI=1S/C34H39NO4Si/c1-34(2,3)40(4,5)38-24-16-15-23-29-33(37)39-32(28-21-13-8-14-22-28)31(27-19-11-7-12-20-27)35(29)25-30(36)26-17-9-6-10-18-26/h6-14,17-22,29,31-32H,16,24-25H2,1-5H3. The van der Waals surface area contributed by atoms with Gasteiger partial charge in [0.15, 0.2) is 20.1 Å². The molecule has 0 saturated carbocycles. The molecule has 3 aromatic carbocycles. The second-order valence-electron chi connectivity index (χ2n) is 11.7. The Morgan fingerprint density at radius 3 is 2.02 bits per heavy atom. The topological polar surface area (TPSA) is 55.8 Å². The first-order valence-electron chi connectivity index (χ1n) is 13.9. The van der Waals surface area contributed by atoms with Gasteiger partial charge in [-0.25, -0.2) is 4.79 Å². The fourth-order valence-corrected chi connectivity index (χ4v) is 5.63. The number of Topliss-reactive ketones (excluding diaryl/α,β-unsaturated/α-hetero) is 1. The van der Waals surface area contributed by atoms with Crippen LogP contribution in [0.1, 0.15) is 60.8 Å². The van der Waals surface area contributed by atoms with Crippen LogP contribution >= 0.6 is 0 Å². The van der Waals surface area contributed by atoms with Gasteiger partial charge in [-0.05, 0) is 29.3 Å². The van der Waals surface area contributed by atoms with Gasteiger partial charge < -0.3 is 9.16 Å². The van der Waals surface area contributed by atoms with Gasteiger partial charge in [0.25, 0.3) is 0 Å². The SMILES string of the molecule is CC(C)(C)[Si](C)(C)OCCC#CC1C(=O)OC(c2ccccc2)C(c2ccccc2)N1CC(=O)c1ccccc1. The Morgan fingerprint density at radius 1 is 0.900 bits per heavy atom. The van der Waals surface area contributed by atoms with E-state index in [-0.39, 0.29) is 17.4 Å². The predicted molar refractivity (Wildman–Crippen MR) is 161 cm³/mol. The van der Waals surface area contributed by atoms with Crippen molar-refractivity contribution in [3.63, 3.8) is 0 Å². The summed E-state index contributed by atoms with van der Waals surface area (Å²) in [5.41, 5.74) is 2.42. The van der Waals surface area contributed by atoms with Crippen molar-refractivity contribution in [1.82, 2.24) is 4.90 Å². The fourth-order valence-electron chi connectivity index (χ4n) is 4.59. The van der Waals surface area contributed by atoms with Gasteiger partial charge in [0.05, 0.1) is 12.6 Å². The minimum atomic E-state index is -1.90. The summed E-state index contributed by atoms with van der Waals surface area (Å²) < 4.78 is 12.4. The van der Waals surface area contributed by atoms with E-state index in [0.29, 0.717) is 18.6 Å². The van der Waals surface area contributed by atoms with Crippen LogP contribution in [0.5, 0.6) is 0 Å². The molecule has 1 aliphatic heterocycles. The Balaban J connectivity index is 1.68. The van der Waals surface area contributed by atoms with Gasteiger partial charge in [-0.1, -0.05) is 124 Å². The third kappa shape index (κ3) is 6.97. The summed E-state index contributed by atoms with van der Waals surface area (Å²) in [7, 11) is -1.90. The molecule has 208 valence electrons. The number of rotatable bonds is 8. The Hall–Kier alpha value is -3.50. The third-order valence-electron chi connectivity index (χ3n) is 7.87. The molecular weight excluding hydrogens is 514 g/mol. The van der Waals surface area contributed by atoms with Gasteiger partial charge >= 0.3 is 5.97 Å². The smallest absolute Gasteiger partial charge is 0.336 e. The normalized spacial score (nSPS) is 19.8. The maximum atomic E-state index is 13.5. The molecule has 40 heavy (non-hydrogen) atoms. The Morgan fingerprint density at radius 2 is 1.45 bits per heavy atom. The number of cyclic esters (lactones) is 1. The van der Waals surface area contributed by atoms with Crippen molar-refractivity contribution in [3.05, 3.63) is 108 Å². The molecule has 0 spiro atoms. The molecule has 0 aromatic heterocycles. The average Bonchev–Trinajstić information content (AvgIpc) is 2.94. The minimum Gasteiger partial charge on any atom is -0.454 e. The number of morpholine rings is 1. The molecule has 3 unspecified atom stereocenters. The van der Waals surface area contributed by atoms with E-state index < -0.39 is 32.5 Å². The third-order valence-corrected chi connectivity index (χ3v) is 12.4. The lowest BCUT2D eigenvalue weighted by Gasteiger charge is -2.43. The van der Waals surface area contributed by atoms with E-state index in [4.69, 9.17) is 9.16 Å². The van der Waals surface area contributed by atoms with E-state index in [1.165, 1.54) is 0 Å². The Kier molecular flexibility index (Phi) is 9.42. The lowest BCUT2D eigenvalue weighted by molar-refractivity contribution is -0.170. The molecule has 0 amide bonds. The summed E-state index contributed by atoms with van der Waals surface area (Å²) in [5.74, 6) is 5.81. The lowest BCUT2D eigenvalue weighted by atomic mass is 9.90. The molecule has 0 bridgehead atoms. The fraction of sp³-hybridized carbons (Fsp3) is 0.353. The molecule has 0 aliphatic carbocycles. The van der Waals surface area contributed by atoms with Crippen molar-refractivity contribution < 1.29 is 18.8 Å². The van der Waals surface area contributed by atoms with Gasteiger partial charge in [-0.3, -0.25) is 9.69 Å². The molecule has 3 atom stereocenters. The second kappa shape index (κ2) is 12.8. The van der Waals surface area contributed by atoms with Crippen molar-refractivity contribution >= 4 is 20.1 Å². The molecule has 6 heteroatoms. The van der Waals surface area contributed by atoms with Gasteiger partial charge in [0.1, 0.15) is 6.10 Å². The van der Waals surface area contributed by atoms with Gasteiger partial charge in [0.2, 0.25) is 0 Å². The largest absolute Gasteiger partial charge is 0.454 e. The zero-order valence-electron chi connectivity index (χ0n) is 24.1. The van der Waals surface area contributed by atoms with Crippen LogP contribution in [0, 0.1) is 11.8 Å². The Bertz CT molecular complexity index is 1340. The molecule has 1 fully saturated rings.